The third kappa shape index (κ3) is 1.67. The zero-order valence-corrected chi connectivity index (χ0v) is 9.23. The van der Waals surface area contributed by atoms with Crippen LogP contribution in [-0.4, -0.2) is 24.8 Å². The Morgan fingerprint density at radius 3 is 2.72 bits per heavy atom. The van der Waals surface area contributed by atoms with Gasteiger partial charge in [0.25, 0.3) is 0 Å². The van der Waals surface area contributed by atoms with Crippen LogP contribution < -0.4 is 20.1 Å². The summed E-state index contributed by atoms with van der Waals surface area (Å²) in [6.45, 7) is 0.468. The largest absolute Gasteiger partial charge is 0.586 e. The van der Waals surface area contributed by atoms with Gasteiger partial charge in [-0.25, -0.2) is 0 Å². The maximum absolute atomic E-state index is 12.8. The number of halogens is 2. The second-order valence-corrected chi connectivity index (χ2v) is 4.18. The van der Waals surface area contributed by atoms with Crippen molar-refractivity contribution >= 4 is 11.6 Å². The molecule has 0 spiro atoms. The second-order valence-electron chi connectivity index (χ2n) is 4.18. The highest BCUT2D eigenvalue weighted by molar-refractivity contribution is 5.99. The lowest BCUT2D eigenvalue weighted by atomic mass is 10.2. The number of ether oxygens (including phenoxy) is 2. The Morgan fingerprint density at radius 1 is 1.33 bits per heavy atom. The van der Waals surface area contributed by atoms with Crippen LogP contribution >= 0.6 is 0 Å². The fourth-order valence-electron chi connectivity index (χ4n) is 2.06. The molecule has 0 aromatic heterocycles. The van der Waals surface area contributed by atoms with Crippen LogP contribution in [0.1, 0.15) is 6.42 Å². The Bertz CT molecular complexity index is 521. The summed E-state index contributed by atoms with van der Waals surface area (Å²) in [5.41, 5.74) is 6.07. The highest BCUT2D eigenvalue weighted by Gasteiger charge is 2.43. The van der Waals surface area contributed by atoms with Crippen LogP contribution in [0.2, 0.25) is 0 Å². The van der Waals surface area contributed by atoms with Crippen LogP contribution in [-0.2, 0) is 4.79 Å². The summed E-state index contributed by atoms with van der Waals surface area (Å²) in [4.78, 5) is 13.2. The molecule has 1 aromatic rings. The van der Waals surface area contributed by atoms with Crippen LogP contribution in [0.15, 0.2) is 18.2 Å². The molecule has 1 amide bonds. The van der Waals surface area contributed by atoms with Gasteiger partial charge >= 0.3 is 6.29 Å². The standard InChI is InChI=1S/C11H10F2N2O3/c12-11(13)17-8-2-1-6(5-9(8)18-11)15-4-3-7(14)10(15)16/h1-2,5,7H,3-4,14H2. The van der Waals surface area contributed by atoms with Crippen LogP contribution in [0.25, 0.3) is 0 Å². The molecular weight excluding hydrogens is 246 g/mol. The van der Waals surface area contributed by atoms with Crippen LogP contribution in [0.5, 0.6) is 11.5 Å². The number of alkyl halides is 2. The van der Waals surface area contributed by atoms with Crippen LogP contribution in [0.4, 0.5) is 14.5 Å². The molecule has 0 aliphatic carbocycles. The molecule has 0 bridgehead atoms. The topological polar surface area (TPSA) is 64.8 Å². The molecule has 2 aliphatic heterocycles. The molecule has 96 valence electrons. The quantitative estimate of drug-likeness (QED) is 0.816. The summed E-state index contributed by atoms with van der Waals surface area (Å²) in [5.74, 6) is -0.342. The maximum atomic E-state index is 12.8. The van der Waals surface area contributed by atoms with Crippen molar-refractivity contribution in [1.82, 2.24) is 0 Å². The van der Waals surface area contributed by atoms with E-state index in [0.717, 1.165) is 0 Å². The Morgan fingerprint density at radius 2 is 2.06 bits per heavy atom. The van der Waals surface area contributed by atoms with E-state index < -0.39 is 12.3 Å². The van der Waals surface area contributed by atoms with E-state index in [1.54, 1.807) is 0 Å². The van der Waals surface area contributed by atoms with Crippen molar-refractivity contribution in [2.75, 3.05) is 11.4 Å². The lowest BCUT2D eigenvalue weighted by Gasteiger charge is -2.16. The summed E-state index contributed by atoms with van der Waals surface area (Å²) in [7, 11) is 0. The molecule has 2 aliphatic rings. The van der Waals surface area contributed by atoms with Gasteiger partial charge in [-0.15, -0.1) is 8.78 Å². The van der Waals surface area contributed by atoms with Gasteiger partial charge < -0.3 is 20.1 Å². The minimum absolute atomic E-state index is 0.0419. The van der Waals surface area contributed by atoms with E-state index in [4.69, 9.17) is 5.73 Å². The Kier molecular flexibility index (Phi) is 2.21. The smallest absolute Gasteiger partial charge is 0.395 e. The first-order valence-corrected chi connectivity index (χ1v) is 5.43. The fourth-order valence-corrected chi connectivity index (χ4v) is 2.06. The SMILES string of the molecule is NC1CCN(c2ccc3c(c2)OC(F)(F)O3)C1=O. The van der Waals surface area contributed by atoms with E-state index in [1.165, 1.54) is 23.1 Å². The van der Waals surface area contributed by atoms with E-state index in [2.05, 4.69) is 9.47 Å². The van der Waals surface area contributed by atoms with Crippen LogP contribution in [0.3, 0.4) is 0 Å². The third-order valence-electron chi connectivity index (χ3n) is 2.94. The van der Waals surface area contributed by atoms with Crippen LogP contribution in [0, 0.1) is 0 Å². The summed E-state index contributed by atoms with van der Waals surface area (Å²) in [6, 6.07) is 3.70. The molecular formula is C11H10F2N2O3. The molecule has 3 rings (SSSR count). The number of hydrogen-bond donors (Lipinski definition) is 1. The van der Waals surface area contributed by atoms with E-state index in [0.29, 0.717) is 18.7 Å². The van der Waals surface area contributed by atoms with E-state index in [-0.39, 0.29) is 17.4 Å². The molecule has 0 radical (unpaired) electrons. The number of nitrogens with two attached hydrogens (primary N) is 1. The zero-order chi connectivity index (χ0) is 12.9. The van der Waals surface area contributed by atoms with Gasteiger partial charge in [0.15, 0.2) is 11.5 Å². The number of hydrogen-bond acceptors (Lipinski definition) is 4. The second kappa shape index (κ2) is 3.55. The summed E-state index contributed by atoms with van der Waals surface area (Å²) in [5, 5.41) is 0. The van der Waals surface area contributed by atoms with Crippen molar-refractivity contribution in [3.8, 4) is 11.5 Å². The lowest BCUT2D eigenvalue weighted by Crippen LogP contribution is -2.33. The lowest BCUT2D eigenvalue weighted by molar-refractivity contribution is -0.286. The average molecular weight is 256 g/mol. The first-order chi connectivity index (χ1) is 8.46. The average Bonchev–Trinajstić information content (AvgIpc) is 2.77. The number of anilines is 1. The number of benzene rings is 1. The Hall–Kier alpha value is -1.89. The van der Waals surface area contributed by atoms with Gasteiger partial charge in [0.2, 0.25) is 5.91 Å². The predicted octanol–water partition coefficient (Wildman–Crippen LogP) is 1.07. The van der Waals surface area contributed by atoms with Crippen molar-refractivity contribution in [1.29, 1.82) is 0 Å². The van der Waals surface area contributed by atoms with Gasteiger partial charge in [0.05, 0.1) is 6.04 Å². The number of fused-ring (bicyclic) bond motifs is 1. The van der Waals surface area contributed by atoms with E-state index in [9.17, 15) is 13.6 Å². The van der Waals surface area contributed by atoms with Gasteiger partial charge in [-0.05, 0) is 18.6 Å². The maximum Gasteiger partial charge on any atom is 0.586 e. The van der Waals surface area contributed by atoms with Gasteiger partial charge in [-0.1, -0.05) is 0 Å². The number of rotatable bonds is 1. The molecule has 7 heteroatoms. The van der Waals surface area contributed by atoms with Gasteiger partial charge in [0.1, 0.15) is 0 Å². The number of nitrogens with zero attached hydrogens (tertiary/aromatic N) is 1. The molecule has 1 saturated heterocycles. The van der Waals surface area contributed by atoms with Gasteiger partial charge in [-0.2, -0.15) is 0 Å². The first-order valence-electron chi connectivity index (χ1n) is 5.43. The van der Waals surface area contributed by atoms with E-state index in [1.807, 2.05) is 0 Å². The van der Waals surface area contributed by atoms with Crippen molar-refractivity contribution in [3.63, 3.8) is 0 Å². The first kappa shape index (κ1) is 11.2. The minimum atomic E-state index is -3.65. The number of amides is 1. The molecule has 2 N–H and O–H groups in total. The Labute approximate surface area is 101 Å². The predicted molar refractivity (Wildman–Crippen MR) is 57.6 cm³/mol. The molecule has 0 saturated carbocycles. The molecule has 1 atom stereocenters. The van der Waals surface area contributed by atoms with E-state index >= 15 is 0 Å². The molecule has 1 aromatic carbocycles. The van der Waals surface area contributed by atoms with Crippen molar-refractivity contribution in [3.05, 3.63) is 18.2 Å². The highest BCUT2D eigenvalue weighted by Crippen LogP contribution is 2.43. The van der Waals surface area contributed by atoms with Crippen molar-refractivity contribution in [2.24, 2.45) is 5.73 Å². The molecule has 18 heavy (non-hydrogen) atoms. The fraction of sp³-hybridized carbons (Fsp3) is 0.364. The summed E-state index contributed by atoms with van der Waals surface area (Å²) < 4.78 is 34.3. The summed E-state index contributed by atoms with van der Waals surface area (Å²) in [6.07, 6.45) is -3.10. The number of carbonyl (C=O) groups is 1. The van der Waals surface area contributed by atoms with Gasteiger partial charge in [-0.3, -0.25) is 4.79 Å². The Balaban J connectivity index is 1.91. The van der Waals surface area contributed by atoms with Crippen molar-refractivity contribution in [2.45, 2.75) is 18.8 Å². The third-order valence-corrected chi connectivity index (χ3v) is 2.94. The molecule has 5 nitrogen and oxygen atoms in total. The van der Waals surface area contributed by atoms with Crippen molar-refractivity contribution < 1.29 is 23.0 Å². The zero-order valence-electron chi connectivity index (χ0n) is 9.23. The van der Waals surface area contributed by atoms with Gasteiger partial charge in [0, 0.05) is 18.3 Å². The normalized spacial score (nSPS) is 24.7. The number of carbonyl (C=O) groups excluding carboxylic acids is 1. The highest BCUT2D eigenvalue weighted by atomic mass is 19.3. The molecule has 1 unspecified atom stereocenters. The summed E-state index contributed by atoms with van der Waals surface area (Å²) >= 11 is 0. The monoisotopic (exact) mass is 256 g/mol. The molecule has 2 heterocycles. The minimum Gasteiger partial charge on any atom is -0.395 e. The molecule has 1 fully saturated rings.